The summed E-state index contributed by atoms with van der Waals surface area (Å²) in [4.78, 5) is 15.0. The summed E-state index contributed by atoms with van der Waals surface area (Å²) in [5.41, 5.74) is 1.29. The van der Waals surface area contributed by atoms with Crippen LogP contribution in [0.3, 0.4) is 0 Å². The van der Waals surface area contributed by atoms with Gasteiger partial charge in [-0.15, -0.1) is 12.4 Å². The molecule has 0 bridgehead atoms. The summed E-state index contributed by atoms with van der Waals surface area (Å²) in [5.74, 6) is 0.161. The third-order valence-electron chi connectivity index (χ3n) is 5.48. The fraction of sp³-hybridized carbons (Fsp3) is 0.611. The molecule has 23 heavy (non-hydrogen) atoms. The number of nitrogens with zero attached hydrogens (tertiary/aromatic N) is 1. The Morgan fingerprint density at radius 2 is 1.96 bits per heavy atom. The zero-order chi connectivity index (χ0) is 15.6. The lowest BCUT2D eigenvalue weighted by Crippen LogP contribution is -2.60. The van der Waals surface area contributed by atoms with Gasteiger partial charge in [-0.25, -0.2) is 0 Å². The molecule has 1 spiro atoms. The molecule has 0 aromatic heterocycles. The van der Waals surface area contributed by atoms with Crippen LogP contribution in [0.2, 0.25) is 0 Å². The van der Waals surface area contributed by atoms with Gasteiger partial charge in [0, 0.05) is 16.1 Å². The number of hydrogen-bond acceptors (Lipinski definition) is 2. The van der Waals surface area contributed by atoms with Gasteiger partial charge in [0.25, 0.3) is 0 Å². The van der Waals surface area contributed by atoms with Crippen LogP contribution < -0.4 is 5.32 Å². The molecule has 1 aromatic rings. The van der Waals surface area contributed by atoms with Crippen molar-refractivity contribution in [3.8, 4) is 0 Å². The molecular weight excluding hydrogens is 376 g/mol. The lowest BCUT2D eigenvalue weighted by molar-refractivity contribution is -0.122. The van der Waals surface area contributed by atoms with Crippen LogP contribution in [-0.4, -0.2) is 36.0 Å². The molecule has 0 unspecified atom stereocenters. The molecule has 0 radical (unpaired) electrons. The van der Waals surface area contributed by atoms with Crippen molar-refractivity contribution in [2.45, 2.75) is 56.5 Å². The van der Waals surface area contributed by atoms with Crippen LogP contribution in [0.15, 0.2) is 28.7 Å². The number of likely N-dealkylation sites (N-methyl/N-ethyl adjacent to an activating group) is 1. The number of amides is 1. The van der Waals surface area contributed by atoms with Crippen molar-refractivity contribution in [1.29, 1.82) is 0 Å². The highest BCUT2D eigenvalue weighted by molar-refractivity contribution is 9.10. The molecule has 5 heteroatoms. The van der Waals surface area contributed by atoms with E-state index in [1.165, 1.54) is 38.6 Å². The maximum absolute atomic E-state index is 12.5. The predicted octanol–water partition coefficient (Wildman–Crippen LogP) is 3.94. The summed E-state index contributed by atoms with van der Waals surface area (Å²) in [7, 11) is 2.23. The van der Waals surface area contributed by atoms with Crippen molar-refractivity contribution < 1.29 is 4.79 Å². The van der Waals surface area contributed by atoms with Crippen LogP contribution in [-0.2, 0) is 11.2 Å². The monoisotopic (exact) mass is 400 g/mol. The van der Waals surface area contributed by atoms with Gasteiger partial charge >= 0.3 is 0 Å². The fourth-order valence-electron chi connectivity index (χ4n) is 4.25. The van der Waals surface area contributed by atoms with Crippen molar-refractivity contribution in [3.05, 3.63) is 34.3 Å². The molecule has 1 amide bonds. The maximum Gasteiger partial charge on any atom is 0.224 e. The van der Waals surface area contributed by atoms with E-state index in [1.807, 2.05) is 24.3 Å². The Bertz CT molecular complexity index is 536. The minimum absolute atomic E-state index is 0. The highest BCUT2D eigenvalue weighted by Crippen LogP contribution is 2.40. The van der Waals surface area contributed by atoms with Crippen molar-refractivity contribution in [2.24, 2.45) is 0 Å². The maximum atomic E-state index is 12.5. The highest BCUT2D eigenvalue weighted by Gasteiger charge is 2.46. The molecule has 128 valence electrons. The Labute approximate surface area is 153 Å². The van der Waals surface area contributed by atoms with E-state index >= 15 is 0 Å². The minimum atomic E-state index is 0. The molecule has 2 aliphatic rings. The molecule has 3 nitrogen and oxygen atoms in total. The zero-order valence-electron chi connectivity index (χ0n) is 13.7. The number of nitrogens with one attached hydrogen (secondary N) is 1. The molecule has 2 fully saturated rings. The van der Waals surface area contributed by atoms with Gasteiger partial charge in [-0.05, 0) is 57.0 Å². The van der Waals surface area contributed by atoms with Crippen LogP contribution >= 0.6 is 28.3 Å². The third kappa shape index (κ3) is 4.09. The van der Waals surface area contributed by atoms with Crippen molar-refractivity contribution in [3.63, 3.8) is 0 Å². The Morgan fingerprint density at radius 1 is 1.26 bits per heavy atom. The largest absolute Gasteiger partial charge is 0.351 e. The Balaban J connectivity index is 0.00000192. The van der Waals surface area contributed by atoms with E-state index in [0.717, 1.165) is 16.5 Å². The second-order valence-electron chi connectivity index (χ2n) is 6.80. The average molecular weight is 402 g/mol. The number of hydrogen-bond donors (Lipinski definition) is 1. The summed E-state index contributed by atoms with van der Waals surface area (Å²) in [6.45, 7) is 1.17. The zero-order valence-corrected chi connectivity index (χ0v) is 16.1. The lowest BCUT2D eigenvalue weighted by atomic mass is 9.75. The van der Waals surface area contributed by atoms with Gasteiger partial charge in [-0.1, -0.05) is 40.9 Å². The van der Waals surface area contributed by atoms with E-state index in [2.05, 4.69) is 33.2 Å². The molecule has 1 aliphatic heterocycles. The summed E-state index contributed by atoms with van der Waals surface area (Å²) in [6, 6.07) is 8.34. The first kappa shape index (κ1) is 18.8. The Hall–Kier alpha value is -0.580. The highest BCUT2D eigenvalue weighted by atomic mass is 79.9. The molecule has 1 aromatic carbocycles. The van der Waals surface area contributed by atoms with Gasteiger partial charge in [-0.2, -0.15) is 0 Å². The van der Waals surface area contributed by atoms with Crippen LogP contribution in [0, 0.1) is 0 Å². The molecular formula is C18H26BrClN2O. The van der Waals surface area contributed by atoms with Gasteiger partial charge in [0.2, 0.25) is 5.91 Å². The van der Waals surface area contributed by atoms with Gasteiger partial charge in [-0.3, -0.25) is 9.69 Å². The van der Waals surface area contributed by atoms with Gasteiger partial charge in [0.15, 0.2) is 0 Å². The summed E-state index contributed by atoms with van der Waals surface area (Å²) in [6.07, 6.45) is 7.84. The van der Waals surface area contributed by atoms with Crippen molar-refractivity contribution in [2.75, 3.05) is 13.6 Å². The van der Waals surface area contributed by atoms with Crippen molar-refractivity contribution >= 4 is 34.2 Å². The standard InChI is InChI=1S/C18H25BrN2O.ClH/c1-21-12-4-11-18(21)10-3-2-5-16(18)20-17(22)13-14-6-8-15(19)9-7-14;/h6-9,16H,2-5,10-13H2,1H3,(H,20,22);1H/t16-,18+;/m0./s1. The Kier molecular flexibility index (Phi) is 6.52. The predicted molar refractivity (Wildman–Crippen MR) is 100 cm³/mol. The lowest BCUT2D eigenvalue weighted by Gasteiger charge is -2.46. The number of rotatable bonds is 3. The summed E-state index contributed by atoms with van der Waals surface area (Å²) < 4.78 is 1.05. The number of carbonyl (C=O) groups excluding carboxylic acids is 1. The van der Waals surface area contributed by atoms with E-state index in [4.69, 9.17) is 0 Å². The molecule has 1 heterocycles. The second kappa shape index (κ2) is 8.00. The number of benzene rings is 1. The molecule has 2 atom stereocenters. The molecule has 3 rings (SSSR count). The van der Waals surface area contributed by atoms with Gasteiger partial charge in [0.1, 0.15) is 0 Å². The topological polar surface area (TPSA) is 32.3 Å². The second-order valence-corrected chi connectivity index (χ2v) is 7.71. The van der Waals surface area contributed by atoms with E-state index in [0.29, 0.717) is 12.5 Å². The number of likely N-dealkylation sites (tertiary alicyclic amines) is 1. The fourth-order valence-corrected chi connectivity index (χ4v) is 4.52. The van der Waals surface area contributed by atoms with E-state index in [-0.39, 0.29) is 23.9 Å². The molecule has 1 N–H and O–H groups in total. The van der Waals surface area contributed by atoms with Crippen LogP contribution in [0.25, 0.3) is 0 Å². The molecule has 1 aliphatic carbocycles. The quantitative estimate of drug-likeness (QED) is 0.832. The number of halogens is 2. The SMILES string of the molecule is CN1CCC[C@@]12CCCC[C@@H]2NC(=O)Cc1ccc(Br)cc1.Cl. The molecule has 1 saturated carbocycles. The van der Waals surface area contributed by atoms with Gasteiger partial charge in [0.05, 0.1) is 6.42 Å². The van der Waals surface area contributed by atoms with Crippen molar-refractivity contribution in [1.82, 2.24) is 10.2 Å². The van der Waals surface area contributed by atoms with Crippen LogP contribution in [0.4, 0.5) is 0 Å². The van der Waals surface area contributed by atoms with Gasteiger partial charge < -0.3 is 5.32 Å². The molecule has 1 saturated heterocycles. The van der Waals surface area contributed by atoms with E-state index in [1.54, 1.807) is 0 Å². The van der Waals surface area contributed by atoms with E-state index in [9.17, 15) is 4.79 Å². The van der Waals surface area contributed by atoms with E-state index < -0.39 is 0 Å². The summed E-state index contributed by atoms with van der Waals surface area (Å²) >= 11 is 3.43. The minimum Gasteiger partial charge on any atom is -0.351 e. The first-order valence-electron chi connectivity index (χ1n) is 8.35. The normalized spacial score (nSPS) is 27.7. The first-order chi connectivity index (χ1) is 10.6. The summed E-state index contributed by atoms with van der Waals surface area (Å²) in [5, 5.41) is 3.35. The van der Waals surface area contributed by atoms with Crippen LogP contribution in [0.5, 0.6) is 0 Å². The smallest absolute Gasteiger partial charge is 0.224 e. The first-order valence-corrected chi connectivity index (χ1v) is 9.14. The number of carbonyl (C=O) groups is 1. The van der Waals surface area contributed by atoms with Crippen LogP contribution in [0.1, 0.15) is 44.1 Å². The average Bonchev–Trinajstić information content (AvgIpc) is 2.86. The Morgan fingerprint density at radius 3 is 2.61 bits per heavy atom. The third-order valence-corrected chi connectivity index (χ3v) is 6.01.